The van der Waals surface area contributed by atoms with Crippen molar-refractivity contribution in [3.63, 3.8) is 0 Å². The van der Waals surface area contributed by atoms with Crippen LogP contribution in [0.1, 0.15) is 140 Å². The summed E-state index contributed by atoms with van der Waals surface area (Å²) >= 11 is 0. The molecule has 434 valence electrons. The monoisotopic (exact) mass is 1160 g/mol. The van der Waals surface area contributed by atoms with Crippen molar-refractivity contribution in [3.8, 4) is 22.6 Å². The fourth-order valence-corrected chi connectivity index (χ4v) is 13.9. The summed E-state index contributed by atoms with van der Waals surface area (Å²) < 4.78 is 7.73. The van der Waals surface area contributed by atoms with Gasteiger partial charge in [0.2, 0.25) is 0 Å². The van der Waals surface area contributed by atoms with Gasteiger partial charge >= 0.3 is 0 Å². The van der Waals surface area contributed by atoms with E-state index in [9.17, 15) is 0 Å². The van der Waals surface area contributed by atoms with E-state index in [0.717, 1.165) is 94.5 Å². The van der Waals surface area contributed by atoms with Gasteiger partial charge in [0, 0.05) is 11.1 Å². The molecule has 1 spiro atoms. The Balaban J connectivity index is 1.14. The van der Waals surface area contributed by atoms with Gasteiger partial charge < -0.3 is 4.74 Å². The lowest BCUT2D eigenvalue weighted by Crippen LogP contribution is -2.33. The van der Waals surface area contributed by atoms with Crippen LogP contribution in [0.15, 0.2) is 303 Å². The highest BCUT2D eigenvalue weighted by molar-refractivity contribution is 5.99. The first-order valence-electron chi connectivity index (χ1n) is 32.2. The zero-order valence-electron chi connectivity index (χ0n) is 51.3. The van der Waals surface area contributed by atoms with E-state index in [1.165, 1.54) is 89.0 Å². The largest absolute Gasteiger partial charge is 0.456 e. The Morgan fingerprint density at radius 1 is 0.300 bits per heavy atom. The molecule has 1 heterocycles. The Morgan fingerprint density at radius 3 is 0.989 bits per heavy atom. The first kappa shape index (κ1) is 57.2. The summed E-state index contributed by atoms with van der Waals surface area (Å²) in [6.45, 7) is 4.62. The van der Waals surface area contributed by atoms with Crippen molar-refractivity contribution in [2.45, 2.75) is 57.8 Å². The molecule has 14 rings (SSSR count). The van der Waals surface area contributed by atoms with Gasteiger partial charge in [-0.2, -0.15) is 0 Å². The smallest absolute Gasteiger partial charge is 0.135 e. The topological polar surface area (TPSA) is 9.23 Å². The first-order chi connectivity index (χ1) is 44.5. The molecule has 12 aromatic carbocycles. The number of rotatable bonds is 18. The van der Waals surface area contributed by atoms with Crippen molar-refractivity contribution in [2.75, 3.05) is 0 Å². The Kier molecular flexibility index (Phi) is 16.5. The number of benzene rings is 12. The molecule has 12 aromatic rings. The van der Waals surface area contributed by atoms with Gasteiger partial charge in [0.25, 0.3) is 0 Å². The van der Waals surface area contributed by atoms with Crippen molar-refractivity contribution < 1.29 is 4.74 Å². The van der Waals surface area contributed by atoms with Crippen LogP contribution in [0.2, 0.25) is 0 Å². The minimum atomic E-state index is -0.893. The average Bonchev–Trinajstić information content (AvgIpc) is 1.44. The molecule has 1 heteroatoms. The molecule has 0 saturated carbocycles. The second-order valence-electron chi connectivity index (χ2n) is 23.9. The van der Waals surface area contributed by atoms with E-state index in [0.29, 0.717) is 0 Å². The third-order valence-corrected chi connectivity index (χ3v) is 18.1. The Labute approximate surface area is 532 Å². The molecule has 0 saturated heterocycles. The molecule has 1 unspecified atom stereocenters. The highest BCUT2D eigenvalue weighted by atomic mass is 16.5. The zero-order chi connectivity index (χ0) is 60.6. The summed E-state index contributed by atoms with van der Waals surface area (Å²) in [6, 6.07) is 112. The van der Waals surface area contributed by atoms with Crippen molar-refractivity contribution in [3.05, 3.63) is 403 Å². The number of fused-ring (bicyclic) bond motifs is 9. The minimum absolute atomic E-state index is 0.859. The molecular formula is C89H72O. The lowest BCUT2D eigenvalue weighted by atomic mass is 9.64. The maximum absolute atomic E-state index is 7.73. The van der Waals surface area contributed by atoms with Gasteiger partial charge in [0.15, 0.2) is 0 Å². The number of unbranched alkanes of at least 4 members (excludes halogenated alkanes) is 2. The Bertz CT molecular complexity index is 4450. The highest BCUT2D eigenvalue weighted by Crippen LogP contribution is 2.64. The summed E-state index contributed by atoms with van der Waals surface area (Å²) in [7, 11) is 0. The van der Waals surface area contributed by atoms with Gasteiger partial charge in [-0.25, -0.2) is 0 Å². The molecule has 1 atom stereocenters. The van der Waals surface area contributed by atoms with Crippen LogP contribution in [0, 0.1) is 0 Å². The SMILES string of the molecule is CCCCc1cc(C=C(c2ccccc2)c2ccccc2)cc2c1Oc1ccc(C=C(c3ccccc3)c3ccccc3)cc1C21c2cc(C=C(c3ccccc3)c3ccccc3)ccc2-c2c(CCCC)cc(C=C(c3ccccc3)c3ccccc3)cc21. The summed E-state index contributed by atoms with van der Waals surface area (Å²) in [5.74, 6) is 1.82. The highest BCUT2D eigenvalue weighted by Gasteiger charge is 2.53. The van der Waals surface area contributed by atoms with E-state index in [2.05, 4.69) is 341 Å². The first-order valence-corrected chi connectivity index (χ1v) is 32.2. The average molecular weight is 1160 g/mol. The Morgan fingerprint density at radius 2 is 0.611 bits per heavy atom. The van der Waals surface area contributed by atoms with E-state index in [-0.39, 0.29) is 0 Å². The van der Waals surface area contributed by atoms with E-state index in [1.807, 2.05) is 0 Å². The molecule has 0 N–H and O–H groups in total. The van der Waals surface area contributed by atoms with Gasteiger partial charge in [0.05, 0.1) is 5.41 Å². The fraction of sp³-hybridized carbons (Fsp3) is 0.101. The number of hydrogen-bond acceptors (Lipinski definition) is 1. The molecule has 0 bridgehead atoms. The molecule has 1 aliphatic heterocycles. The summed E-state index contributed by atoms with van der Waals surface area (Å²) in [4.78, 5) is 0. The summed E-state index contributed by atoms with van der Waals surface area (Å²) in [5.41, 5.74) is 27.6. The molecule has 1 aliphatic carbocycles. The molecule has 0 aromatic heterocycles. The lowest BCUT2D eigenvalue weighted by Gasteiger charge is -2.41. The molecular weight excluding hydrogens is 1080 g/mol. The van der Waals surface area contributed by atoms with Gasteiger partial charge in [0.1, 0.15) is 11.5 Å². The summed E-state index contributed by atoms with van der Waals surface area (Å²) in [5, 5.41) is 0. The van der Waals surface area contributed by atoms with Gasteiger partial charge in [-0.3, -0.25) is 0 Å². The molecule has 2 aliphatic rings. The predicted molar refractivity (Wildman–Crippen MR) is 380 cm³/mol. The van der Waals surface area contributed by atoms with Crippen molar-refractivity contribution >= 4 is 46.6 Å². The van der Waals surface area contributed by atoms with Crippen molar-refractivity contribution in [2.24, 2.45) is 0 Å². The number of hydrogen-bond donors (Lipinski definition) is 0. The van der Waals surface area contributed by atoms with Crippen LogP contribution in [0.3, 0.4) is 0 Å². The molecule has 0 fully saturated rings. The molecule has 90 heavy (non-hydrogen) atoms. The van der Waals surface area contributed by atoms with Gasteiger partial charge in [-0.1, -0.05) is 294 Å². The standard InChI is InChI=1S/C89H72O/c1-3-5-31-75-53-65(57-80(71-41-23-11-24-42-71)72-43-25-12-26-44-72)61-84-87(75)77-51-49-63(55-78(67-33-15-7-16-34-67)68-35-17-8-18-36-68)59-82(77)89(84)83-60-64(56-79(69-37-19-9-20-38-69)70-39-21-10-22-40-70)50-52-86(83)90-88-76(32-6-4-2)54-66(62-85(88)89)58-81(73-45-27-13-28-46-73)74-47-29-14-30-48-74/h7-30,33-62H,3-6,31-32H2,1-2H3. The van der Waals surface area contributed by atoms with Crippen molar-refractivity contribution in [1.29, 1.82) is 0 Å². The second-order valence-corrected chi connectivity index (χ2v) is 23.9. The van der Waals surface area contributed by atoms with Crippen LogP contribution < -0.4 is 4.74 Å². The number of aryl methyl sites for hydroxylation is 2. The molecule has 0 amide bonds. The van der Waals surface area contributed by atoms with E-state index in [4.69, 9.17) is 4.74 Å². The zero-order valence-corrected chi connectivity index (χ0v) is 51.3. The fourth-order valence-electron chi connectivity index (χ4n) is 13.9. The second kappa shape index (κ2) is 26.0. The van der Waals surface area contributed by atoms with E-state index in [1.54, 1.807) is 0 Å². The Hall–Kier alpha value is -10.6. The predicted octanol–water partition coefficient (Wildman–Crippen LogP) is 23.2. The number of ether oxygens (including phenoxy) is 1. The third-order valence-electron chi connectivity index (χ3n) is 18.1. The van der Waals surface area contributed by atoms with Crippen LogP contribution in [0.5, 0.6) is 11.5 Å². The van der Waals surface area contributed by atoms with E-state index < -0.39 is 5.41 Å². The van der Waals surface area contributed by atoms with E-state index >= 15 is 0 Å². The van der Waals surface area contributed by atoms with Gasteiger partial charge in [-0.05, 0) is 209 Å². The quantitative estimate of drug-likeness (QED) is 0.0778. The van der Waals surface area contributed by atoms with Crippen molar-refractivity contribution in [1.82, 2.24) is 0 Å². The van der Waals surface area contributed by atoms with Gasteiger partial charge in [-0.15, -0.1) is 0 Å². The van der Waals surface area contributed by atoms with Crippen LogP contribution in [-0.2, 0) is 18.3 Å². The maximum atomic E-state index is 7.73. The normalized spacial score (nSPS) is 13.2. The van der Waals surface area contributed by atoms with Crippen LogP contribution in [-0.4, -0.2) is 0 Å². The molecule has 1 nitrogen and oxygen atoms in total. The lowest BCUT2D eigenvalue weighted by molar-refractivity contribution is 0.429. The van der Waals surface area contributed by atoms with Crippen LogP contribution in [0.4, 0.5) is 0 Å². The minimum Gasteiger partial charge on any atom is -0.456 e. The maximum Gasteiger partial charge on any atom is 0.135 e. The third kappa shape index (κ3) is 11.4. The summed E-state index contributed by atoms with van der Waals surface area (Å²) in [6.07, 6.45) is 15.7. The van der Waals surface area contributed by atoms with Crippen LogP contribution >= 0.6 is 0 Å². The van der Waals surface area contributed by atoms with Crippen LogP contribution in [0.25, 0.3) is 57.7 Å². The molecule has 0 radical (unpaired) electrons.